The van der Waals surface area contributed by atoms with Gasteiger partial charge in [-0.1, -0.05) is 33.9 Å². The van der Waals surface area contributed by atoms with E-state index < -0.39 is 5.54 Å². The van der Waals surface area contributed by atoms with Crippen molar-refractivity contribution < 1.29 is 4.52 Å². The first-order valence-corrected chi connectivity index (χ1v) is 8.04. The van der Waals surface area contributed by atoms with Gasteiger partial charge in [0.15, 0.2) is 5.82 Å². The molecule has 1 saturated carbocycles. The molecule has 0 aliphatic heterocycles. The summed E-state index contributed by atoms with van der Waals surface area (Å²) in [7, 11) is 0. The third-order valence-electron chi connectivity index (χ3n) is 3.53. The Hall–Kier alpha value is -0.470. The van der Waals surface area contributed by atoms with Crippen LogP contribution >= 0.6 is 38.5 Å². The lowest BCUT2D eigenvalue weighted by Gasteiger charge is -2.17. The smallest absolute Gasteiger partial charge is 0.259 e. The van der Waals surface area contributed by atoms with Crippen molar-refractivity contribution in [3.8, 4) is 11.5 Å². The minimum Gasteiger partial charge on any atom is -0.334 e. The van der Waals surface area contributed by atoms with Crippen molar-refractivity contribution in [3.63, 3.8) is 0 Å². The highest BCUT2D eigenvalue weighted by Gasteiger charge is 2.36. The van der Waals surface area contributed by atoms with Crippen molar-refractivity contribution in [1.82, 2.24) is 10.1 Å². The van der Waals surface area contributed by atoms with Crippen LogP contribution in [0.3, 0.4) is 0 Å². The van der Waals surface area contributed by atoms with Crippen LogP contribution in [-0.4, -0.2) is 10.1 Å². The van der Waals surface area contributed by atoms with Gasteiger partial charge in [-0.2, -0.15) is 4.98 Å². The summed E-state index contributed by atoms with van der Waals surface area (Å²) in [6.45, 7) is 0. The van der Waals surface area contributed by atoms with Crippen LogP contribution in [0.1, 0.15) is 31.5 Å². The molecular formula is C13H13BrIN3O. The Labute approximate surface area is 133 Å². The number of nitrogens with zero attached hydrogens (tertiary/aromatic N) is 2. The summed E-state index contributed by atoms with van der Waals surface area (Å²) in [6, 6.07) is 5.98. The second-order valence-corrected chi connectivity index (χ2v) is 6.99. The third-order valence-corrected chi connectivity index (χ3v) is 4.96. The van der Waals surface area contributed by atoms with E-state index in [0.717, 1.165) is 39.3 Å². The normalized spacial score (nSPS) is 17.8. The van der Waals surface area contributed by atoms with E-state index in [1.165, 1.54) is 0 Å². The highest BCUT2D eigenvalue weighted by Crippen LogP contribution is 2.36. The largest absolute Gasteiger partial charge is 0.334 e. The molecule has 2 aromatic rings. The SMILES string of the molecule is NC1(c2noc(-c3cc(Br)ccc3I)n2)CCCC1. The summed E-state index contributed by atoms with van der Waals surface area (Å²) in [4.78, 5) is 4.51. The molecule has 0 radical (unpaired) electrons. The molecule has 0 bridgehead atoms. The van der Waals surface area contributed by atoms with Gasteiger partial charge in [-0.15, -0.1) is 0 Å². The van der Waals surface area contributed by atoms with Gasteiger partial charge in [-0.3, -0.25) is 0 Å². The Morgan fingerprint density at radius 3 is 2.79 bits per heavy atom. The second kappa shape index (κ2) is 5.14. The van der Waals surface area contributed by atoms with E-state index in [1.54, 1.807) is 0 Å². The highest BCUT2D eigenvalue weighted by molar-refractivity contribution is 14.1. The molecule has 19 heavy (non-hydrogen) atoms. The van der Waals surface area contributed by atoms with Crippen LogP contribution < -0.4 is 5.73 Å². The summed E-state index contributed by atoms with van der Waals surface area (Å²) in [6.07, 6.45) is 4.13. The number of hydrogen-bond donors (Lipinski definition) is 1. The lowest BCUT2D eigenvalue weighted by atomic mass is 9.99. The summed E-state index contributed by atoms with van der Waals surface area (Å²) in [5.74, 6) is 1.17. The molecule has 2 N–H and O–H groups in total. The van der Waals surface area contributed by atoms with Gasteiger partial charge in [0.1, 0.15) is 0 Å². The van der Waals surface area contributed by atoms with Crippen molar-refractivity contribution in [2.75, 3.05) is 0 Å². The lowest BCUT2D eigenvalue weighted by molar-refractivity contribution is 0.372. The Balaban J connectivity index is 1.99. The molecule has 100 valence electrons. The van der Waals surface area contributed by atoms with Crippen molar-refractivity contribution in [2.24, 2.45) is 5.73 Å². The third kappa shape index (κ3) is 2.57. The quantitative estimate of drug-likeness (QED) is 0.731. The Morgan fingerprint density at radius 1 is 1.32 bits per heavy atom. The fourth-order valence-electron chi connectivity index (χ4n) is 2.43. The number of nitrogens with two attached hydrogens (primary N) is 1. The van der Waals surface area contributed by atoms with Crippen molar-refractivity contribution in [1.29, 1.82) is 0 Å². The number of aromatic nitrogens is 2. The minimum atomic E-state index is -0.404. The number of halogens is 2. The maximum Gasteiger partial charge on any atom is 0.259 e. The molecule has 1 aromatic carbocycles. The highest BCUT2D eigenvalue weighted by atomic mass is 127. The van der Waals surface area contributed by atoms with Gasteiger partial charge in [0.05, 0.1) is 11.1 Å². The first-order valence-electron chi connectivity index (χ1n) is 6.17. The molecule has 3 rings (SSSR count). The number of hydrogen-bond acceptors (Lipinski definition) is 4. The predicted molar refractivity (Wildman–Crippen MR) is 84.5 cm³/mol. The van der Waals surface area contributed by atoms with Crippen LogP contribution in [0, 0.1) is 3.57 Å². The monoisotopic (exact) mass is 433 g/mol. The minimum absolute atomic E-state index is 0.404. The molecule has 1 aromatic heterocycles. The maximum absolute atomic E-state index is 6.34. The summed E-state index contributed by atoms with van der Waals surface area (Å²) in [5, 5.41) is 4.09. The molecule has 1 heterocycles. The molecule has 0 spiro atoms. The first-order chi connectivity index (χ1) is 9.08. The van der Waals surface area contributed by atoms with Crippen molar-refractivity contribution in [2.45, 2.75) is 31.2 Å². The molecule has 0 amide bonds. The molecule has 4 nitrogen and oxygen atoms in total. The average Bonchev–Trinajstić information content (AvgIpc) is 3.02. The van der Waals surface area contributed by atoms with Crippen LogP contribution in [0.25, 0.3) is 11.5 Å². The Morgan fingerprint density at radius 2 is 2.05 bits per heavy atom. The fraction of sp³-hybridized carbons (Fsp3) is 0.385. The Bertz CT molecular complexity index is 608. The van der Waals surface area contributed by atoms with Gasteiger partial charge in [0.25, 0.3) is 5.89 Å². The van der Waals surface area contributed by atoms with Gasteiger partial charge in [-0.05, 0) is 53.6 Å². The van der Waals surface area contributed by atoms with Crippen LogP contribution in [0.2, 0.25) is 0 Å². The molecule has 6 heteroatoms. The van der Waals surface area contributed by atoms with E-state index in [4.69, 9.17) is 10.3 Å². The summed E-state index contributed by atoms with van der Waals surface area (Å²) in [5.41, 5.74) is 6.88. The van der Waals surface area contributed by atoms with Crippen molar-refractivity contribution >= 4 is 38.5 Å². The lowest BCUT2D eigenvalue weighted by Crippen LogP contribution is -2.34. The number of rotatable bonds is 2. The van der Waals surface area contributed by atoms with Gasteiger partial charge in [0.2, 0.25) is 0 Å². The molecule has 0 saturated heterocycles. The standard InChI is InChI=1S/C13H13BrIN3O/c14-8-3-4-10(15)9(7-8)11-17-12(18-19-11)13(16)5-1-2-6-13/h3-4,7H,1-2,5-6,16H2. The van der Waals surface area contributed by atoms with Crippen LogP contribution in [-0.2, 0) is 5.54 Å². The zero-order valence-corrected chi connectivity index (χ0v) is 13.9. The summed E-state index contributed by atoms with van der Waals surface area (Å²) < 4.78 is 7.47. The maximum atomic E-state index is 6.34. The molecular weight excluding hydrogens is 421 g/mol. The van der Waals surface area contributed by atoms with E-state index in [2.05, 4.69) is 48.7 Å². The van der Waals surface area contributed by atoms with Gasteiger partial charge < -0.3 is 10.3 Å². The molecule has 1 fully saturated rings. The van der Waals surface area contributed by atoms with E-state index in [9.17, 15) is 0 Å². The van der Waals surface area contributed by atoms with E-state index in [-0.39, 0.29) is 0 Å². The molecule has 0 atom stereocenters. The first kappa shape index (κ1) is 13.5. The van der Waals surface area contributed by atoms with Gasteiger partial charge >= 0.3 is 0 Å². The summed E-state index contributed by atoms with van der Waals surface area (Å²) >= 11 is 5.72. The average molecular weight is 434 g/mol. The van der Waals surface area contributed by atoms with Crippen LogP contribution in [0.4, 0.5) is 0 Å². The van der Waals surface area contributed by atoms with Gasteiger partial charge in [0, 0.05) is 8.04 Å². The molecule has 1 aliphatic rings. The molecule has 0 unspecified atom stereocenters. The predicted octanol–water partition coefficient (Wildman–Crippen LogP) is 3.83. The van der Waals surface area contributed by atoms with Crippen molar-refractivity contribution in [3.05, 3.63) is 32.1 Å². The number of benzene rings is 1. The zero-order chi connectivity index (χ0) is 13.5. The fourth-order valence-corrected chi connectivity index (χ4v) is 3.35. The van der Waals surface area contributed by atoms with Gasteiger partial charge in [-0.25, -0.2) is 0 Å². The molecule has 1 aliphatic carbocycles. The van der Waals surface area contributed by atoms with E-state index in [0.29, 0.717) is 11.7 Å². The topological polar surface area (TPSA) is 64.9 Å². The van der Waals surface area contributed by atoms with E-state index in [1.807, 2.05) is 18.2 Å². The van der Waals surface area contributed by atoms with E-state index >= 15 is 0 Å². The van der Waals surface area contributed by atoms with Crippen LogP contribution in [0.5, 0.6) is 0 Å². The second-order valence-electron chi connectivity index (χ2n) is 4.91. The van der Waals surface area contributed by atoms with Crippen LogP contribution in [0.15, 0.2) is 27.2 Å². The Kier molecular flexibility index (Phi) is 3.65. The zero-order valence-electron chi connectivity index (χ0n) is 10.2.